The number of benzene rings is 3. The number of nitrogens with one attached hydrogen (secondary N) is 1. The number of nitrogens with two attached hydrogens (primary N) is 2. The van der Waals surface area contributed by atoms with E-state index in [0.717, 1.165) is 17.1 Å². The van der Waals surface area contributed by atoms with E-state index < -0.39 is 0 Å². The van der Waals surface area contributed by atoms with Crippen LogP contribution in [0.25, 0.3) is 0 Å². The summed E-state index contributed by atoms with van der Waals surface area (Å²) in [4.78, 5) is 0. The van der Waals surface area contributed by atoms with Crippen molar-refractivity contribution < 1.29 is 9.47 Å². The summed E-state index contributed by atoms with van der Waals surface area (Å²) in [7, 11) is 3.10. The maximum atomic E-state index is 5.89. The molecule has 0 saturated carbocycles. The molecule has 3 aromatic rings. The highest BCUT2D eigenvalue weighted by molar-refractivity contribution is 5.67. The quantitative estimate of drug-likeness (QED) is 0.421. The number of rotatable bonds is 6. The molecule has 0 amide bonds. The Morgan fingerprint density at radius 1 is 0.778 bits per heavy atom. The molecule has 0 aliphatic heterocycles. The highest BCUT2D eigenvalue weighted by Crippen LogP contribution is 2.37. The van der Waals surface area contributed by atoms with Crippen molar-refractivity contribution in [3.8, 4) is 11.5 Å². The molecule has 0 saturated heterocycles. The zero-order valence-electron chi connectivity index (χ0n) is 15.1. The van der Waals surface area contributed by atoms with Gasteiger partial charge in [0.25, 0.3) is 0 Å². The molecule has 0 atom stereocenters. The van der Waals surface area contributed by atoms with Crippen molar-refractivity contribution in [1.82, 2.24) is 0 Å². The Balaban J connectivity index is 1.82. The van der Waals surface area contributed by atoms with Crippen molar-refractivity contribution in [2.75, 3.05) is 31.0 Å². The van der Waals surface area contributed by atoms with Crippen LogP contribution in [0.15, 0.2) is 70.9 Å². The lowest BCUT2D eigenvalue weighted by atomic mass is 10.2. The lowest BCUT2D eigenvalue weighted by molar-refractivity contribution is 0.406. The van der Waals surface area contributed by atoms with Gasteiger partial charge in [0.1, 0.15) is 17.2 Å². The second kappa shape index (κ2) is 8.09. The summed E-state index contributed by atoms with van der Waals surface area (Å²) >= 11 is 0. The minimum atomic E-state index is 0.475. The first kappa shape index (κ1) is 18.1. The van der Waals surface area contributed by atoms with Gasteiger partial charge in [-0.15, -0.1) is 5.11 Å². The van der Waals surface area contributed by atoms with Crippen LogP contribution in [-0.2, 0) is 0 Å². The fourth-order valence-electron chi connectivity index (χ4n) is 2.47. The average Bonchev–Trinajstić information content (AvgIpc) is 2.69. The summed E-state index contributed by atoms with van der Waals surface area (Å²) in [6.45, 7) is 0. The van der Waals surface area contributed by atoms with Crippen molar-refractivity contribution in [1.29, 1.82) is 0 Å². The minimum absolute atomic E-state index is 0.475. The van der Waals surface area contributed by atoms with E-state index in [9.17, 15) is 0 Å². The Morgan fingerprint density at radius 2 is 1.52 bits per heavy atom. The highest BCUT2D eigenvalue weighted by Gasteiger charge is 2.09. The Labute approximate surface area is 157 Å². The lowest BCUT2D eigenvalue weighted by Gasteiger charge is -2.09. The van der Waals surface area contributed by atoms with Gasteiger partial charge in [-0.3, -0.25) is 0 Å². The molecule has 0 fully saturated rings. The van der Waals surface area contributed by atoms with Gasteiger partial charge in [-0.05, 0) is 42.5 Å². The van der Waals surface area contributed by atoms with Gasteiger partial charge in [-0.2, -0.15) is 5.11 Å². The number of nitrogen functional groups attached to an aromatic ring is 2. The van der Waals surface area contributed by atoms with E-state index in [1.807, 2.05) is 48.5 Å². The van der Waals surface area contributed by atoms with Gasteiger partial charge in [0.05, 0.1) is 25.6 Å². The molecule has 3 aromatic carbocycles. The molecule has 0 aliphatic carbocycles. The maximum absolute atomic E-state index is 5.89. The summed E-state index contributed by atoms with van der Waals surface area (Å²) in [5.74, 6) is 1.04. The number of azo groups is 1. The van der Waals surface area contributed by atoms with Gasteiger partial charge in [0.15, 0.2) is 0 Å². The topological polar surface area (TPSA) is 107 Å². The molecule has 0 bridgehead atoms. The van der Waals surface area contributed by atoms with Crippen LogP contribution < -0.4 is 26.3 Å². The van der Waals surface area contributed by atoms with Gasteiger partial charge in [0.2, 0.25) is 0 Å². The van der Waals surface area contributed by atoms with Crippen molar-refractivity contribution in [2.24, 2.45) is 10.2 Å². The molecule has 0 heterocycles. The Morgan fingerprint density at radius 3 is 2.22 bits per heavy atom. The van der Waals surface area contributed by atoms with E-state index in [-0.39, 0.29) is 0 Å². The predicted molar refractivity (Wildman–Crippen MR) is 109 cm³/mol. The van der Waals surface area contributed by atoms with E-state index in [2.05, 4.69) is 15.5 Å². The molecule has 7 nitrogen and oxygen atoms in total. The first-order valence-corrected chi connectivity index (χ1v) is 8.25. The summed E-state index contributed by atoms with van der Waals surface area (Å²) in [6.07, 6.45) is 0. The van der Waals surface area contributed by atoms with Gasteiger partial charge in [0, 0.05) is 29.2 Å². The van der Waals surface area contributed by atoms with Crippen LogP contribution in [0.1, 0.15) is 0 Å². The summed E-state index contributed by atoms with van der Waals surface area (Å²) in [5.41, 5.74) is 15.8. The van der Waals surface area contributed by atoms with E-state index in [1.165, 1.54) is 0 Å². The molecule has 0 aromatic heterocycles. The Kier molecular flexibility index (Phi) is 5.41. The van der Waals surface area contributed by atoms with Gasteiger partial charge in [-0.25, -0.2) is 0 Å². The third-order valence-corrected chi connectivity index (χ3v) is 3.85. The molecule has 27 heavy (non-hydrogen) atoms. The second-order valence-corrected chi connectivity index (χ2v) is 5.76. The smallest absolute Gasteiger partial charge is 0.148 e. The standard InChI is InChI=1S/C20H21N5O2/c1-26-19-12-18(20(27-2)11-17(19)22)25-24-16-5-3-4-15(10-16)23-14-8-6-13(21)7-9-14/h3-12,23H,21-22H2,1-2H3. The monoisotopic (exact) mass is 363 g/mol. The molecular weight excluding hydrogens is 342 g/mol. The summed E-state index contributed by atoms with van der Waals surface area (Å²) in [5, 5.41) is 11.9. The SMILES string of the molecule is COc1cc(N=Nc2cccc(Nc3ccc(N)cc3)c2)c(OC)cc1N. The van der Waals surface area contributed by atoms with E-state index in [0.29, 0.717) is 28.6 Å². The van der Waals surface area contributed by atoms with Crippen LogP contribution in [0, 0.1) is 0 Å². The molecule has 0 unspecified atom stereocenters. The zero-order valence-corrected chi connectivity index (χ0v) is 15.1. The Hall–Kier alpha value is -3.74. The van der Waals surface area contributed by atoms with Crippen molar-refractivity contribution in [2.45, 2.75) is 0 Å². The third kappa shape index (κ3) is 4.46. The predicted octanol–water partition coefficient (Wildman–Crippen LogP) is 5.03. The van der Waals surface area contributed by atoms with Crippen LogP contribution >= 0.6 is 0 Å². The molecule has 5 N–H and O–H groups in total. The number of nitrogens with zero attached hydrogens (tertiary/aromatic N) is 2. The van der Waals surface area contributed by atoms with E-state index in [1.54, 1.807) is 26.4 Å². The number of hydrogen-bond donors (Lipinski definition) is 3. The molecule has 0 spiro atoms. The molecular formula is C20H21N5O2. The van der Waals surface area contributed by atoms with Crippen molar-refractivity contribution in [3.05, 3.63) is 60.7 Å². The van der Waals surface area contributed by atoms with Gasteiger partial charge >= 0.3 is 0 Å². The molecule has 0 radical (unpaired) electrons. The van der Waals surface area contributed by atoms with Crippen LogP contribution in [0.5, 0.6) is 11.5 Å². The second-order valence-electron chi connectivity index (χ2n) is 5.76. The fraction of sp³-hybridized carbons (Fsp3) is 0.100. The largest absolute Gasteiger partial charge is 0.495 e. The van der Waals surface area contributed by atoms with Crippen molar-refractivity contribution in [3.63, 3.8) is 0 Å². The molecule has 3 rings (SSSR count). The van der Waals surface area contributed by atoms with Crippen LogP contribution in [0.2, 0.25) is 0 Å². The lowest BCUT2D eigenvalue weighted by Crippen LogP contribution is -1.93. The van der Waals surface area contributed by atoms with Gasteiger partial charge < -0.3 is 26.3 Å². The van der Waals surface area contributed by atoms with E-state index in [4.69, 9.17) is 20.9 Å². The highest BCUT2D eigenvalue weighted by atomic mass is 16.5. The maximum Gasteiger partial charge on any atom is 0.148 e. The first-order chi connectivity index (χ1) is 13.1. The molecule has 138 valence electrons. The van der Waals surface area contributed by atoms with Gasteiger partial charge in [-0.1, -0.05) is 6.07 Å². The number of methoxy groups -OCH3 is 2. The fourth-order valence-corrected chi connectivity index (χ4v) is 2.47. The Bertz CT molecular complexity index is 955. The van der Waals surface area contributed by atoms with Crippen molar-refractivity contribution >= 4 is 34.1 Å². The van der Waals surface area contributed by atoms with E-state index >= 15 is 0 Å². The first-order valence-electron chi connectivity index (χ1n) is 8.25. The molecule has 7 heteroatoms. The number of hydrogen-bond acceptors (Lipinski definition) is 7. The summed E-state index contributed by atoms with van der Waals surface area (Å²) < 4.78 is 10.5. The normalized spacial score (nSPS) is 10.7. The average molecular weight is 363 g/mol. The molecule has 0 aliphatic rings. The minimum Gasteiger partial charge on any atom is -0.495 e. The summed E-state index contributed by atoms with van der Waals surface area (Å²) in [6, 6.07) is 18.4. The van der Waals surface area contributed by atoms with Crippen LogP contribution in [-0.4, -0.2) is 14.2 Å². The van der Waals surface area contributed by atoms with Crippen LogP contribution in [0.3, 0.4) is 0 Å². The van der Waals surface area contributed by atoms with Crippen LogP contribution in [0.4, 0.5) is 34.1 Å². The third-order valence-electron chi connectivity index (χ3n) is 3.85. The number of anilines is 4. The number of ether oxygens (including phenoxy) is 2. The zero-order chi connectivity index (χ0) is 19.2.